The first-order chi connectivity index (χ1) is 16.1. The molecule has 0 saturated carbocycles. The van der Waals surface area contributed by atoms with E-state index in [-0.39, 0.29) is 0 Å². The molecule has 1 N–H and O–H groups in total. The zero-order chi connectivity index (χ0) is 22.8. The number of hydrogen-bond donors (Lipinski definition) is 1. The first kappa shape index (κ1) is 21.3. The third-order valence-corrected chi connectivity index (χ3v) is 6.31. The number of benzene rings is 2. The molecule has 168 valence electrons. The molecule has 33 heavy (non-hydrogen) atoms. The van der Waals surface area contributed by atoms with Gasteiger partial charge in [0.05, 0.1) is 5.69 Å². The summed E-state index contributed by atoms with van der Waals surface area (Å²) in [6, 6.07) is 19.7. The van der Waals surface area contributed by atoms with Gasteiger partial charge in [0, 0.05) is 61.8 Å². The number of pyridine rings is 1. The summed E-state index contributed by atoms with van der Waals surface area (Å²) < 4.78 is 28.6. The van der Waals surface area contributed by atoms with Crippen LogP contribution in [0, 0.1) is 18.6 Å². The van der Waals surface area contributed by atoms with Gasteiger partial charge in [-0.25, -0.2) is 13.8 Å². The van der Waals surface area contributed by atoms with Crippen LogP contribution >= 0.6 is 0 Å². The average Bonchev–Trinajstić information content (AvgIpc) is 3.16. The zero-order valence-corrected chi connectivity index (χ0v) is 18.6. The minimum atomic E-state index is -0.572. The van der Waals surface area contributed by atoms with E-state index in [9.17, 15) is 8.78 Å². The molecular weight excluding hydrogens is 418 g/mol. The van der Waals surface area contributed by atoms with Crippen LogP contribution < -0.4 is 4.90 Å². The fourth-order valence-corrected chi connectivity index (χ4v) is 4.57. The molecule has 1 aliphatic rings. The van der Waals surface area contributed by atoms with Crippen molar-refractivity contribution < 1.29 is 8.78 Å². The number of nitrogens with zero attached hydrogens (tertiary/aromatic N) is 3. The van der Waals surface area contributed by atoms with E-state index >= 15 is 0 Å². The minimum Gasteiger partial charge on any atom is -0.358 e. The van der Waals surface area contributed by atoms with Crippen molar-refractivity contribution >= 4 is 5.82 Å². The Bertz CT molecular complexity index is 1230. The van der Waals surface area contributed by atoms with E-state index < -0.39 is 11.6 Å². The lowest BCUT2D eigenvalue weighted by Gasteiger charge is -2.35. The normalized spacial score (nSPS) is 14.6. The monoisotopic (exact) mass is 444 g/mol. The molecule has 2 aromatic heterocycles. The number of aromatic nitrogens is 2. The fraction of sp³-hybridized carbons (Fsp3) is 0.222. The van der Waals surface area contributed by atoms with Crippen molar-refractivity contribution in [3.8, 4) is 22.4 Å². The maximum absolute atomic E-state index is 15.0. The molecule has 0 aliphatic carbocycles. The highest BCUT2D eigenvalue weighted by Crippen LogP contribution is 2.38. The summed E-state index contributed by atoms with van der Waals surface area (Å²) in [6.07, 6.45) is 1.82. The van der Waals surface area contributed by atoms with Crippen molar-refractivity contribution in [3.05, 3.63) is 95.8 Å². The number of hydrogen-bond acceptors (Lipinski definition) is 3. The van der Waals surface area contributed by atoms with Crippen molar-refractivity contribution in [2.45, 2.75) is 13.5 Å². The molecule has 4 aromatic rings. The number of rotatable bonds is 5. The minimum absolute atomic E-state index is 0.418. The standard InChI is InChI=1S/C27H26F2N4/c1-19-23(18-32-13-15-33(16-14-32)25-9-5-6-12-30-25)26(22-11-10-21(28)17-24(22)29)27(31-19)20-7-3-2-4-8-20/h2-12,17,31H,13-16,18H2,1H3. The predicted octanol–water partition coefficient (Wildman–Crippen LogP) is 5.65. The van der Waals surface area contributed by atoms with Gasteiger partial charge < -0.3 is 9.88 Å². The molecule has 1 aliphatic heterocycles. The molecule has 0 atom stereocenters. The molecule has 3 heterocycles. The van der Waals surface area contributed by atoms with Crippen molar-refractivity contribution in [2.24, 2.45) is 0 Å². The Morgan fingerprint density at radius 1 is 0.909 bits per heavy atom. The number of H-pyrrole nitrogens is 1. The van der Waals surface area contributed by atoms with Gasteiger partial charge in [0.15, 0.2) is 0 Å². The van der Waals surface area contributed by atoms with Crippen molar-refractivity contribution in [2.75, 3.05) is 31.1 Å². The maximum Gasteiger partial charge on any atom is 0.134 e. The summed E-state index contributed by atoms with van der Waals surface area (Å²) in [7, 11) is 0. The molecule has 1 fully saturated rings. The van der Waals surface area contributed by atoms with Crippen LogP contribution in [0.15, 0.2) is 72.9 Å². The average molecular weight is 445 g/mol. The smallest absolute Gasteiger partial charge is 0.134 e. The number of aromatic amines is 1. The van der Waals surface area contributed by atoms with Gasteiger partial charge in [0.1, 0.15) is 17.5 Å². The second-order valence-corrected chi connectivity index (χ2v) is 8.42. The van der Waals surface area contributed by atoms with Crippen molar-refractivity contribution in [3.63, 3.8) is 0 Å². The molecule has 0 amide bonds. The quantitative estimate of drug-likeness (QED) is 0.432. The summed E-state index contributed by atoms with van der Waals surface area (Å²) in [6.45, 7) is 6.24. The van der Waals surface area contributed by atoms with Gasteiger partial charge in [-0.05, 0) is 42.3 Å². The van der Waals surface area contributed by atoms with E-state index in [2.05, 4.69) is 19.8 Å². The van der Waals surface area contributed by atoms with Crippen LogP contribution in [0.2, 0.25) is 0 Å². The number of anilines is 1. The zero-order valence-electron chi connectivity index (χ0n) is 18.6. The Hall–Kier alpha value is -3.51. The van der Waals surface area contributed by atoms with E-state index in [1.807, 2.05) is 61.7 Å². The summed E-state index contributed by atoms with van der Waals surface area (Å²) in [5, 5.41) is 0. The Morgan fingerprint density at radius 3 is 2.36 bits per heavy atom. The lowest BCUT2D eigenvalue weighted by Crippen LogP contribution is -2.46. The maximum atomic E-state index is 15.0. The molecule has 5 rings (SSSR count). The number of halogens is 2. The van der Waals surface area contributed by atoms with Crippen LogP contribution in [0.25, 0.3) is 22.4 Å². The van der Waals surface area contributed by atoms with Gasteiger partial charge in [-0.1, -0.05) is 36.4 Å². The molecule has 0 spiro atoms. The highest BCUT2D eigenvalue weighted by molar-refractivity contribution is 5.85. The van der Waals surface area contributed by atoms with Gasteiger partial charge in [0.2, 0.25) is 0 Å². The van der Waals surface area contributed by atoms with Gasteiger partial charge in [-0.15, -0.1) is 0 Å². The first-order valence-electron chi connectivity index (χ1n) is 11.2. The second kappa shape index (κ2) is 9.16. The van der Waals surface area contributed by atoms with Crippen LogP contribution in [0.1, 0.15) is 11.3 Å². The summed E-state index contributed by atoms with van der Waals surface area (Å²) >= 11 is 0. The third-order valence-electron chi connectivity index (χ3n) is 6.31. The second-order valence-electron chi connectivity index (χ2n) is 8.42. The molecule has 0 radical (unpaired) electrons. The van der Waals surface area contributed by atoms with Gasteiger partial charge in [-0.3, -0.25) is 4.90 Å². The Balaban J connectivity index is 1.47. The van der Waals surface area contributed by atoms with Crippen LogP contribution in [-0.4, -0.2) is 41.0 Å². The van der Waals surface area contributed by atoms with Crippen LogP contribution in [0.5, 0.6) is 0 Å². The molecule has 2 aromatic carbocycles. The number of aryl methyl sites for hydroxylation is 1. The predicted molar refractivity (Wildman–Crippen MR) is 128 cm³/mol. The molecule has 0 unspecified atom stereocenters. The molecule has 6 heteroatoms. The largest absolute Gasteiger partial charge is 0.358 e. The number of piperazine rings is 1. The van der Waals surface area contributed by atoms with Crippen LogP contribution in [-0.2, 0) is 6.54 Å². The van der Waals surface area contributed by atoms with Crippen LogP contribution in [0.3, 0.4) is 0 Å². The van der Waals surface area contributed by atoms with E-state index in [0.29, 0.717) is 12.1 Å². The summed E-state index contributed by atoms with van der Waals surface area (Å²) in [5.41, 5.74) is 5.11. The number of nitrogens with one attached hydrogen (secondary N) is 1. The lowest BCUT2D eigenvalue weighted by molar-refractivity contribution is 0.249. The first-order valence-corrected chi connectivity index (χ1v) is 11.2. The van der Waals surface area contributed by atoms with Crippen molar-refractivity contribution in [1.29, 1.82) is 0 Å². The Labute approximate surface area is 192 Å². The van der Waals surface area contributed by atoms with E-state index in [1.165, 1.54) is 6.07 Å². The van der Waals surface area contributed by atoms with E-state index in [0.717, 1.165) is 66.1 Å². The summed E-state index contributed by atoms with van der Waals surface area (Å²) in [5.74, 6) is -0.125. The Morgan fingerprint density at radius 2 is 1.67 bits per heavy atom. The van der Waals surface area contributed by atoms with E-state index in [1.54, 1.807) is 6.07 Å². The Kier molecular flexibility index (Phi) is 5.92. The third kappa shape index (κ3) is 4.39. The molecule has 1 saturated heterocycles. The lowest BCUT2D eigenvalue weighted by atomic mass is 9.96. The SMILES string of the molecule is Cc1[nH]c(-c2ccccc2)c(-c2ccc(F)cc2F)c1CN1CCN(c2ccccn2)CC1. The topological polar surface area (TPSA) is 35.2 Å². The molecule has 4 nitrogen and oxygen atoms in total. The summed E-state index contributed by atoms with van der Waals surface area (Å²) in [4.78, 5) is 12.6. The van der Waals surface area contributed by atoms with Gasteiger partial charge in [0.25, 0.3) is 0 Å². The van der Waals surface area contributed by atoms with Crippen LogP contribution in [0.4, 0.5) is 14.6 Å². The highest BCUT2D eigenvalue weighted by Gasteiger charge is 2.24. The molecular formula is C27H26F2N4. The van der Waals surface area contributed by atoms with Crippen molar-refractivity contribution in [1.82, 2.24) is 14.9 Å². The van der Waals surface area contributed by atoms with Gasteiger partial charge >= 0.3 is 0 Å². The van der Waals surface area contributed by atoms with Gasteiger partial charge in [-0.2, -0.15) is 0 Å². The fourth-order valence-electron chi connectivity index (χ4n) is 4.57. The van der Waals surface area contributed by atoms with E-state index in [4.69, 9.17) is 0 Å². The molecule has 0 bridgehead atoms. The highest BCUT2D eigenvalue weighted by atomic mass is 19.1.